The first-order chi connectivity index (χ1) is 17.6. The van der Waals surface area contributed by atoms with E-state index in [9.17, 15) is 19.2 Å². The van der Waals surface area contributed by atoms with Crippen LogP contribution in [0.15, 0.2) is 24.3 Å². The number of piperidine rings is 1. The topological polar surface area (TPSA) is 115 Å². The van der Waals surface area contributed by atoms with Crippen molar-refractivity contribution in [3.05, 3.63) is 29.8 Å². The van der Waals surface area contributed by atoms with E-state index in [0.717, 1.165) is 45.6 Å². The number of benzene rings is 1. The standard InChI is InChI=1S/C26H38N6O5/c1-26(2,3)37-25(36)28-31-11-8-19(9-12-31)18-29-14-16-30(17-15-29)23(34)20-4-6-21(7-5-20)32-13-10-22(33)27-24(32)35/h4-7,19H,8-18H2,1-3H3,(H,28,36)(H,27,33,35). The third-order valence-electron chi connectivity index (χ3n) is 6.92. The van der Waals surface area contributed by atoms with E-state index in [4.69, 9.17) is 4.74 Å². The summed E-state index contributed by atoms with van der Waals surface area (Å²) in [7, 11) is 0. The largest absolute Gasteiger partial charge is 0.443 e. The molecule has 11 nitrogen and oxygen atoms in total. The highest BCUT2D eigenvalue weighted by Gasteiger charge is 2.28. The molecule has 4 rings (SSSR count). The molecular formula is C26H38N6O5. The number of carbonyl (C=O) groups is 4. The van der Waals surface area contributed by atoms with Crippen molar-refractivity contribution >= 4 is 29.6 Å². The Bertz CT molecular complexity index is 992. The first-order valence-corrected chi connectivity index (χ1v) is 13.0. The van der Waals surface area contributed by atoms with Crippen LogP contribution in [0.25, 0.3) is 0 Å². The van der Waals surface area contributed by atoms with Crippen molar-refractivity contribution in [1.82, 2.24) is 25.6 Å². The van der Waals surface area contributed by atoms with Crippen LogP contribution in [0.1, 0.15) is 50.4 Å². The monoisotopic (exact) mass is 514 g/mol. The minimum atomic E-state index is -0.511. The molecule has 1 aromatic rings. The van der Waals surface area contributed by atoms with E-state index in [1.54, 1.807) is 24.3 Å². The van der Waals surface area contributed by atoms with Crippen molar-refractivity contribution < 1.29 is 23.9 Å². The van der Waals surface area contributed by atoms with Gasteiger partial charge < -0.3 is 9.64 Å². The summed E-state index contributed by atoms with van der Waals surface area (Å²) in [5.74, 6) is 0.285. The first-order valence-electron chi connectivity index (χ1n) is 13.0. The Balaban J connectivity index is 1.18. The number of hydrogen-bond acceptors (Lipinski definition) is 7. The Morgan fingerprint density at radius 1 is 0.973 bits per heavy atom. The van der Waals surface area contributed by atoms with Gasteiger partial charge in [-0.3, -0.25) is 30.1 Å². The molecule has 0 spiro atoms. The first kappa shape index (κ1) is 26.9. The fraction of sp³-hybridized carbons (Fsp3) is 0.615. The molecule has 0 atom stereocenters. The molecule has 0 bridgehead atoms. The number of hydrogen-bond donors (Lipinski definition) is 2. The third kappa shape index (κ3) is 7.42. The lowest BCUT2D eigenvalue weighted by Gasteiger charge is -2.39. The van der Waals surface area contributed by atoms with Gasteiger partial charge in [-0.25, -0.2) is 14.6 Å². The Labute approximate surface area is 218 Å². The Morgan fingerprint density at radius 3 is 2.22 bits per heavy atom. The summed E-state index contributed by atoms with van der Waals surface area (Å²) in [6.07, 6.45) is 1.86. The number of urea groups is 1. The second-order valence-electron chi connectivity index (χ2n) is 10.9. The van der Waals surface area contributed by atoms with E-state index < -0.39 is 17.7 Å². The summed E-state index contributed by atoms with van der Waals surface area (Å²) in [6, 6.07) is 6.56. The van der Waals surface area contributed by atoms with E-state index in [-0.39, 0.29) is 18.2 Å². The zero-order valence-corrected chi connectivity index (χ0v) is 22.0. The van der Waals surface area contributed by atoms with Crippen LogP contribution in [0.5, 0.6) is 0 Å². The highest BCUT2D eigenvalue weighted by Crippen LogP contribution is 2.21. The summed E-state index contributed by atoms with van der Waals surface area (Å²) in [5, 5.41) is 4.25. The van der Waals surface area contributed by atoms with Crippen molar-refractivity contribution in [1.29, 1.82) is 0 Å². The van der Waals surface area contributed by atoms with E-state index in [0.29, 0.717) is 36.8 Å². The molecule has 2 N–H and O–H groups in total. The lowest BCUT2D eigenvalue weighted by atomic mass is 9.97. The molecule has 5 amide bonds. The highest BCUT2D eigenvalue weighted by molar-refractivity contribution is 6.05. The van der Waals surface area contributed by atoms with Crippen LogP contribution >= 0.6 is 0 Å². The number of ether oxygens (including phenoxy) is 1. The normalized spacial score (nSPS) is 20.5. The van der Waals surface area contributed by atoms with Gasteiger partial charge in [0, 0.05) is 70.0 Å². The van der Waals surface area contributed by atoms with E-state index in [1.807, 2.05) is 30.7 Å². The molecule has 3 aliphatic rings. The van der Waals surface area contributed by atoms with Gasteiger partial charge in [0.15, 0.2) is 0 Å². The number of piperazine rings is 1. The summed E-state index contributed by atoms with van der Waals surface area (Å²) in [5.41, 5.74) is 3.59. The fourth-order valence-electron chi connectivity index (χ4n) is 4.93. The van der Waals surface area contributed by atoms with E-state index in [1.165, 1.54) is 4.90 Å². The van der Waals surface area contributed by atoms with Gasteiger partial charge in [-0.2, -0.15) is 0 Å². The van der Waals surface area contributed by atoms with Crippen molar-refractivity contribution in [3.63, 3.8) is 0 Å². The maximum Gasteiger partial charge on any atom is 0.422 e. The molecule has 3 heterocycles. The smallest absolute Gasteiger partial charge is 0.422 e. The lowest BCUT2D eigenvalue weighted by Crippen LogP contribution is -2.52. The second kappa shape index (κ2) is 11.5. The SMILES string of the molecule is CC(C)(C)OC(=O)NN1CCC(CN2CCN(C(=O)c3ccc(N4CCC(=O)NC4=O)cc3)CC2)CC1. The van der Waals surface area contributed by atoms with Crippen LogP contribution in [0.3, 0.4) is 0 Å². The van der Waals surface area contributed by atoms with Gasteiger partial charge in [0.1, 0.15) is 5.60 Å². The van der Waals surface area contributed by atoms with Crippen LogP contribution in [0.4, 0.5) is 15.3 Å². The average Bonchev–Trinajstić information content (AvgIpc) is 2.84. The number of anilines is 1. The molecule has 3 fully saturated rings. The molecule has 3 aliphatic heterocycles. The van der Waals surface area contributed by atoms with Crippen LogP contribution in [-0.4, -0.2) is 96.7 Å². The Morgan fingerprint density at radius 2 is 1.62 bits per heavy atom. The predicted molar refractivity (Wildman–Crippen MR) is 138 cm³/mol. The average molecular weight is 515 g/mol. The molecule has 3 saturated heterocycles. The molecule has 11 heteroatoms. The molecule has 0 saturated carbocycles. The van der Waals surface area contributed by atoms with Crippen molar-refractivity contribution in [2.24, 2.45) is 5.92 Å². The molecule has 0 radical (unpaired) electrons. The van der Waals surface area contributed by atoms with Gasteiger partial charge in [-0.05, 0) is 63.8 Å². The van der Waals surface area contributed by atoms with Gasteiger partial charge in [0.2, 0.25) is 5.91 Å². The maximum atomic E-state index is 13.0. The number of hydrazine groups is 1. The summed E-state index contributed by atoms with van der Waals surface area (Å²) in [6.45, 7) is 11.5. The van der Waals surface area contributed by atoms with Gasteiger partial charge >= 0.3 is 12.1 Å². The molecule has 37 heavy (non-hydrogen) atoms. The molecule has 0 aliphatic carbocycles. The summed E-state index contributed by atoms with van der Waals surface area (Å²) < 4.78 is 5.33. The number of rotatable bonds is 5. The Hall–Kier alpha value is -3.18. The van der Waals surface area contributed by atoms with E-state index in [2.05, 4.69) is 15.6 Å². The highest BCUT2D eigenvalue weighted by atomic mass is 16.6. The molecule has 0 aromatic heterocycles. The molecule has 202 valence electrons. The minimum Gasteiger partial charge on any atom is -0.443 e. The zero-order valence-electron chi connectivity index (χ0n) is 22.0. The van der Waals surface area contributed by atoms with E-state index >= 15 is 0 Å². The number of nitrogens with one attached hydrogen (secondary N) is 2. The van der Waals surface area contributed by atoms with Crippen LogP contribution in [0.2, 0.25) is 0 Å². The predicted octanol–water partition coefficient (Wildman–Crippen LogP) is 2.04. The minimum absolute atomic E-state index is 0.00833. The third-order valence-corrected chi connectivity index (χ3v) is 6.92. The zero-order chi connectivity index (χ0) is 26.6. The number of carbonyl (C=O) groups excluding carboxylic acids is 4. The fourth-order valence-corrected chi connectivity index (χ4v) is 4.93. The van der Waals surface area contributed by atoms with Gasteiger partial charge in [0.05, 0.1) is 0 Å². The van der Waals surface area contributed by atoms with Gasteiger partial charge in [0.25, 0.3) is 5.91 Å². The molecular weight excluding hydrogens is 476 g/mol. The molecule has 0 unspecified atom stereocenters. The number of nitrogens with zero attached hydrogens (tertiary/aromatic N) is 4. The van der Waals surface area contributed by atoms with Crippen LogP contribution < -0.4 is 15.6 Å². The maximum absolute atomic E-state index is 13.0. The van der Waals surface area contributed by atoms with Crippen molar-refractivity contribution in [2.45, 2.75) is 45.6 Å². The number of amides is 5. The van der Waals surface area contributed by atoms with Crippen LogP contribution in [0, 0.1) is 5.92 Å². The number of imide groups is 1. The molecule has 1 aromatic carbocycles. The quantitative estimate of drug-likeness (QED) is 0.618. The van der Waals surface area contributed by atoms with Crippen molar-refractivity contribution in [3.8, 4) is 0 Å². The van der Waals surface area contributed by atoms with Gasteiger partial charge in [-0.15, -0.1) is 0 Å². The van der Waals surface area contributed by atoms with Gasteiger partial charge in [-0.1, -0.05) is 0 Å². The van der Waals surface area contributed by atoms with Crippen molar-refractivity contribution in [2.75, 3.05) is 57.3 Å². The lowest BCUT2D eigenvalue weighted by molar-refractivity contribution is -0.120. The Kier molecular flexibility index (Phi) is 8.33. The summed E-state index contributed by atoms with van der Waals surface area (Å²) >= 11 is 0. The second-order valence-corrected chi connectivity index (χ2v) is 10.9. The van der Waals surface area contributed by atoms with Crippen LogP contribution in [-0.2, 0) is 9.53 Å². The summed E-state index contributed by atoms with van der Waals surface area (Å²) in [4.78, 5) is 54.2.